The molecule has 0 N–H and O–H groups in total. The molecular formula is C48H52O8P2. The number of methoxy groups -OCH3 is 2. The van der Waals surface area contributed by atoms with Crippen LogP contribution in [0.2, 0.25) is 0 Å². The van der Waals surface area contributed by atoms with E-state index in [1.54, 1.807) is 14.2 Å². The summed E-state index contributed by atoms with van der Waals surface area (Å²) in [5, 5.41) is 0. The maximum atomic E-state index is 7.54. The van der Waals surface area contributed by atoms with Gasteiger partial charge < -0.3 is 27.6 Å². The van der Waals surface area contributed by atoms with Gasteiger partial charge in [0.05, 0.1) is 14.2 Å². The zero-order valence-electron chi connectivity index (χ0n) is 34.6. The van der Waals surface area contributed by atoms with Gasteiger partial charge in [0, 0.05) is 27.8 Å². The highest BCUT2D eigenvalue weighted by molar-refractivity contribution is 7.43. The number of hydrogen-bond acceptors (Lipinski definition) is 8. The van der Waals surface area contributed by atoms with Gasteiger partial charge >= 0.3 is 17.2 Å². The fraction of sp³-hybridized carbons (Fsp3) is 0.375. The lowest BCUT2D eigenvalue weighted by Gasteiger charge is -2.50. The minimum Gasteiger partial charge on any atom is -0.497 e. The molecule has 6 atom stereocenters. The smallest absolute Gasteiger partial charge is 0.464 e. The van der Waals surface area contributed by atoms with Crippen LogP contribution in [0.5, 0.6) is 34.5 Å². The minimum absolute atomic E-state index is 0.0677. The van der Waals surface area contributed by atoms with Crippen LogP contribution in [0, 0.1) is 11.8 Å². The van der Waals surface area contributed by atoms with Crippen LogP contribution in [0.25, 0.3) is 22.3 Å². The van der Waals surface area contributed by atoms with Crippen molar-refractivity contribution in [2.75, 3.05) is 14.2 Å². The molecule has 4 aromatic rings. The summed E-state index contributed by atoms with van der Waals surface area (Å²) >= 11 is 0. The minimum atomic E-state index is -2.09. The van der Waals surface area contributed by atoms with Crippen LogP contribution < -0.4 is 27.6 Å². The van der Waals surface area contributed by atoms with Crippen LogP contribution >= 0.6 is 17.2 Å². The second-order valence-corrected chi connectivity index (χ2v) is 18.1. The third kappa shape index (κ3) is 6.43. The van der Waals surface area contributed by atoms with Crippen LogP contribution in [0.1, 0.15) is 89.5 Å². The first-order valence-electron chi connectivity index (χ1n) is 20.6. The Labute approximate surface area is 345 Å². The van der Waals surface area contributed by atoms with Gasteiger partial charge in [-0.1, -0.05) is 94.7 Å². The van der Waals surface area contributed by atoms with Gasteiger partial charge in [0.15, 0.2) is 0 Å². The molecule has 10 heteroatoms. The number of para-hydroxylation sites is 2. The Morgan fingerprint density at radius 3 is 1.43 bits per heavy atom. The van der Waals surface area contributed by atoms with Crippen LogP contribution in [-0.4, -0.2) is 25.4 Å². The van der Waals surface area contributed by atoms with E-state index in [0.29, 0.717) is 34.5 Å². The first-order valence-corrected chi connectivity index (χ1v) is 22.8. The van der Waals surface area contributed by atoms with Gasteiger partial charge in [-0.3, -0.25) is 9.05 Å². The number of hydrogen-bond donors (Lipinski definition) is 0. The second kappa shape index (κ2) is 15.4. The number of unbranched alkanes of at least 4 members (excludes halogenated alkanes) is 2. The molecule has 0 radical (unpaired) electrons. The van der Waals surface area contributed by atoms with E-state index < -0.39 is 28.4 Å². The van der Waals surface area contributed by atoms with Gasteiger partial charge in [0.25, 0.3) is 0 Å². The summed E-state index contributed by atoms with van der Waals surface area (Å²) in [5.41, 5.74) is 7.72. The first kappa shape index (κ1) is 39.2. The summed E-state index contributed by atoms with van der Waals surface area (Å²) in [6.45, 7) is 13.3. The summed E-state index contributed by atoms with van der Waals surface area (Å²) in [4.78, 5) is 0. The lowest BCUT2D eigenvalue weighted by atomic mass is 9.60. The Balaban J connectivity index is 1.39. The molecule has 302 valence electrons. The number of ether oxygens (including phenoxy) is 2. The summed E-state index contributed by atoms with van der Waals surface area (Å²) < 4.78 is 55.7. The van der Waals surface area contributed by atoms with E-state index in [1.165, 1.54) is 5.57 Å². The van der Waals surface area contributed by atoms with Crippen LogP contribution in [0.4, 0.5) is 0 Å². The Bertz CT molecular complexity index is 2210. The van der Waals surface area contributed by atoms with Crippen LogP contribution in [-0.2, 0) is 21.9 Å². The number of fused-ring (bicyclic) bond motifs is 9. The third-order valence-electron chi connectivity index (χ3n) is 12.3. The maximum absolute atomic E-state index is 7.54. The molecule has 4 bridgehead atoms. The van der Waals surface area contributed by atoms with E-state index in [1.807, 2.05) is 36.4 Å². The Morgan fingerprint density at radius 1 is 0.586 bits per heavy atom. The number of aryl methyl sites for hydroxylation is 2. The fourth-order valence-corrected chi connectivity index (χ4v) is 12.1. The van der Waals surface area contributed by atoms with Gasteiger partial charge in [0.2, 0.25) is 0 Å². The van der Waals surface area contributed by atoms with E-state index in [2.05, 4.69) is 90.1 Å². The Morgan fingerprint density at radius 2 is 1.02 bits per heavy atom. The fourth-order valence-electron chi connectivity index (χ4n) is 9.56. The van der Waals surface area contributed by atoms with Gasteiger partial charge in [-0.15, -0.1) is 0 Å². The average molecular weight is 819 g/mol. The van der Waals surface area contributed by atoms with Crippen molar-refractivity contribution in [2.45, 2.75) is 91.3 Å². The van der Waals surface area contributed by atoms with Gasteiger partial charge in [-0.05, 0) is 110 Å². The van der Waals surface area contributed by atoms with Crippen molar-refractivity contribution in [3.63, 3.8) is 0 Å². The van der Waals surface area contributed by atoms with Gasteiger partial charge in [-0.2, -0.15) is 0 Å². The zero-order valence-corrected chi connectivity index (χ0v) is 36.4. The normalized spacial score (nSPS) is 26.3. The largest absolute Gasteiger partial charge is 0.497 e. The maximum Gasteiger partial charge on any atom is 0.464 e. The molecular weight excluding hydrogens is 766 g/mol. The standard InChI is InChI=1S/C48H52O8P2/c1-9-11-17-31-25-33(49-7)27-37-38-28-34(50-8)26-32(18-12-10-2)45(38)54-58-52-42-22-16-14-20-36(42)40-24-30(4)43-29(3)23-39-35-19-13-15-21-41(35)51-57(53-44(31)37)55-47(39,5)46(43)48(40,6)56-58/h13-16,19-30H,9-12,17-18H2,1-8H3. The van der Waals surface area contributed by atoms with Crippen molar-refractivity contribution in [2.24, 2.45) is 11.8 Å². The molecule has 8 nitrogen and oxygen atoms in total. The molecule has 0 fully saturated rings. The lowest BCUT2D eigenvalue weighted by Crippen LogP contribution is -2.50. The third-order valence-corrected chi connectivity index (χ3v) is 14.7. The van der Waals surface area contributed by atoms with Crippen molar-refractivity contribution in [1.82, 2.24) is 0 Å². The predicted octanol–water partition coefficient (Wildman–Crippen LogP) is 13.4. The molecule has 3 heterocycles. The quantitative estimate of drug-likeness (QED) is 0.129. The molecule has 9 rings (SSSR count). The lowest BCUT2D eigenvalue weighted by molar-refractivity contribution is 0.0978. The van der Waals surface area contributed by atoms with Gasteiger partial charge in [0.1, 0.15) is 45.7 Å². The van der Waals surface area contributed by atoms with Crippen molar-refractivity contribution >= 4 is 28.4 Å². The van der Waals surface area contributed by atoms with E-state index in [9.17, 15) is 0 Å². The summed E-state index contributed by atoms with van der Waals surface area (Å²) in [6.07, 6.45) is 10.1. The van der Waals surface area contributed by atoms with Crippen molar-refractivity contribution in [3.05, 3.63) is 118 Å². The monoisotopic (exact) mass is 818 g/mol. The molecule has 0 amide bonds. The molecule has 0 saturated carbocycles. The zero-order chi connectivity index (χ0) is 40.3. The second-order valence-electron chi connectivity index (χ2n) is 16.2. The number of benzene rings is 4. The first-order chi connectivity index (χ1) is 28.1. The molecule has 2 aliphatic carbocycles. The SMILES string of the molecule is CCCCc1cc(OC)cc2c1OP1Oc3ccccc3C3=CC(C)C4=C(C3(C)O1)C1(C)OP(Oc3ccccc3C1=CC4C)Oc1c(CCCC)cc(OC)cc1-2. The summed E-state index contributed by atoms with van der Waals surface area (Å²) in [6, 6.07) is 24.6. The van der Waals surface area contributed by atoms with E-state index in [-0.39, 0.29) is 11.8 Å². The molecule has 0 aromatic heterocycles. The molecule has 5 aliphatic rings. The van der Waals surface area contributed by atoms with Gasteiger partial charge in [-0.25, -0.2) is 0 Å². The van der Waals surface area contributed by atoms with Crippen molar-refractivity contribution in [1.29, 1.82) is 0 Å². The predicted molar refractivity (Wildman–Crippen MR) is 232 cm³/mol. The van der Waals surface area contributed by atoms with Crippen LogP contribution in [0.15, 0.2) is 96.1 Å². The highest BCUT2D eigenvalue weighted by Crippen LogP contribution is 2.68. The summed E-state index contributed by atoms with van der Waals surface area (Å²) in [7, 11) is -0.769. The number of rotatable bonds is 8. The number of allylic oxidation sites excluding steroid dienone is 3. The molecule has 4 aromatic carbocycles. The van der Waals surface area contributed by atoms with E-state index >= 15 is 0 Å². The molecule has 0 spiro atoms. The molecule has 58 heavy (non-hydrogen) atoms. The van der Waals surface area contributed by atoms with E-state index in [0.717, 1.165) is 88.6 Å². The molecule has 6 unspecified atom stereocenters. The van der Waals surface area contributed by atoms with Crippen molar-refractivity contribution < 1.29 is 36.6 Å². The van der Waals surface area contributed by atoms with Crippen molar-refractivity contribution in [3.8, 4) is 45.6 Å². The highest BCUT2D eigenvalue weighted by atomic mass is 31.2. The van der Waals surface area contributed by atoms with Crippen LogP contribution in [0.3, 0.4) is 0 Å². The van der Waals surface area contributed by atoms with E-state index in [4.69, 9.17) is 36.6 Å². The topological polar surface area (TPSA) is 73.8 Å². The highest BCUT2D eigenvalue weighted by Gasteiger charge is 2.59. The molecule has 3 aliphatic heterocycles. The average Bonchev–Trinajstić information content (AvgIpc) is 3.42. The Kier molecular flexibility index (Phi) is 10.4. The summed E-state index contributed by atoms with van der Waals surface area (Å²) in [5.74, 6) is 4.30. The Hall–Kier alpha value is -4.32. The molecule has 0 saturated heterocycles.